The van der Waals surface area contributed by atoms with Gasteiger partial charge in [0.25, 0.3) is 5.91 Å². The molecule has 0 aromatic heterocycles. The molecule has 176 valence electrons. The fraction of sp³-hybridized carbons (Fsp3) is 0.524. The van der Waals surface area contributed by atoms with Crippen molar-refractivity contribution in [3.8, 4) is 5.75 Å². The summed E-state index contributed by atoms with van der Waals surface area (Å²) in [6.45, 7) is 5.26. The van der Waals surface area contributed by atoms with Gasteiger partial charge in [-0.2, -0.15) is 0 Å². The van der Waals surface area contributed by atoms with Crippen LogP contribution in [0.4, 0.5) is 0 Å². The zero-order valence-corrected chi connectivity index (χ0v) is 20.4. The second-order valence-corrected chi connectivity index (χ2v) is 8.51. The van der Waals surface area contributed by atoms with Gasteiger partial charge in [0.1, 0.15) is 23.9 Å². The summed E-state index contributed by atoms with van der Waals surface area (Å²) in [5, 5.41) is 16.5. The van der Waals surface area contributed by atoms with Crippen molar-refractivity contribution in [1.82, 2.24) is 21.1 Å². The molecule has 1 aromatic carbocycles. The minimum atomic E-state index is -0.985. The van der Waals surface area contributed by atoms with Gasteiger partial charge in [-0.3, -0.25) is 19.4 Å². The first-order valence-corrected chi connectivity index (χ1v) is 11.3. The molecule has 10 nitrogen and oxygen atoms in total. The number of rotatable bonds is 8. The van der Waals surface area contributed by atoms with E-state index < -0.39 is 35.9 Å². The molecule has 0 saturated carbocycles. The SMILES string of the molecule is CC(=O)N[C@H](C(=O)N[C@@H](Cc1cccc(O)c1)C(=O)N1CCCC(C(=O)OI)N1)C(C)C. The Morgan fingerprint density at radius 1 is 1.28 bits per heavy atom. The summed E-state index contributed by atoms with van der Waals surface area (Å²) in [5.41, 5.74) is 3.52. The van der Waals surface area contributed by atoms with Gasteiger partial charge in [-0.05, 0) is 36.5 Å². The van der Waals surface area contributed by atoms with Gasteiger partial charge >= 0.3 is 5.97 Å². The monoisotopic (exact) mass is 560 g/mol. The summed E-state index contributed by atoms with van der Waals surface area (Å²) in [6, 6.07) is 3.94. The van der Waals surface area contributed by atoms with Crippen molar-refractivity contribution < 1.29 is 27.4 Å². The molecule has 0 aliphatic carbocycles. The van der Waals surface area contributed by atoms with E-state index in [1.165, 1.54) is 47.1 Å². The van der Waals surface area contributed by atoms with E-state index in [0.717, 1.165) is 0 Å². The van der Waals surface area contributed by atoms with Crippen LogP contribution in [0.15, 0.2) is 24.3 Å². The van der Waals surface area contributed by atoms with Gasteiger partial charge in [0.2, 0.25) is 11.8 Å². The number of carbonyl (C=O) groups excluding carboxylic acids is 4. The minimum absolute atomic E-state index is 0.0410. The van der Waals surface area contributed by atoms with Gasteiger partial charge < -0.3 is 18.8 Å². The fourth-order valence-corrected chi connectivity index (χ4v) is 3.80. The molecule has 0 spiro atoms. The second-order valence-electron chi connectivity index (χ2n) is 8.07. The summed E-state index contributed by atoms with van der Waals surface area (Å²) >= 11 is 1.50. The molecule has 0 bridgehead atoms. The third kappa shape index (κ3) is 7.33. The molecule has 2 rings (SSSR count). The number of phenolic OH excluding ortho intramolecular Hbond substituents is 1. The topological polar surface area (TPSA) is 137 Å². The van der Waals surface area contributed by atoms with Gasteiger partial charge in [-0.25, -0.2) is 10.2 Å². The van der Waals surface area contributed by atoms with Crippen LogP contribution in [0, 0.1) is 5.92 Å². The summed E-state index contributed by atoms with van der Waals surface area (Å²) in [6.07, 6.45) is 1.22. The maximum absolute atomic E-state index is 13.3. The molecule has 1 aliphatic heterocycles. The highest BCUT2D eigenvalue weighted by Gasteiger charge is 2.34. The molecular weight excluding hydrogens is 531 g/mol. The van der Waals surface area contributed by atoms with E-state index in [9.17, 15) is 24.3 Å². The average molecular weight is 560 g/mol. The molecule has 32 heavy (non-hydrogen) atoms. The molecule has 1 heterocycles. The van der Waals surface area contributed by atoms with E-state index in [4.69, 9.17) is 3.07 Å². The van der Waals surface area contributed by atoms with E-state index in [1.807, 2.05) is 0 Å². The fourth-order valence-electron chi connectivity index (χ4n) is 3.49. The minimum Gasteiger partial charge on any atom is -0.508 e. The summed E-state index contributed by atoms with van der Waals surface area (Å²) in [5.74, 6) is -1.92. The highest BCUT2D eigenvalue weighted by Crippen LogP contribution is 2.16. The van der Waals surface area contributed by atoms with Gasteiger partial charge in [0, 0.05) is 19.9 Å². The predicted octanol–water partition coefficient (Wildman–Crippen LogP) is 0.969. The zero-order chi connectivity index (χ0) is 23.8. The number of carbonyl (C=O) groups is 4. The van der Waals surface area contributed by atoms with Crippen molar-refractivity contribution in [1.29, 1.82) is 0 Å². The number of hydrogen-bond acceptors (Lipinski definition) is 7. The molecule has 3 atom stereocenters. The van der Waals surface area contributed by atoms with E-state index in [2.05, 4.69) is 16.1 Å². The normalized spacial score (nSPS) is 17.9. The second kappa shape index (κ2) is 12.0. The lowest BCUT2D eigenvalue weighted by atomic mass is 10.0. The standard InChI is InChI=1S/C21H29IN4O6/c1-12(2)18(23-13(3)27)19(29)24-17(11-14-6-4-7-15(28)10-14)20(30)26-9-5-8-16(25-26)21(31)32-22/h4,6-7,10,12,16-18,25,28H,5,8-9,11H2,1-3H3,(H,23,27)(H,24,29)/t16?,17-,18-/m0/s1. The van der Waals surface area contributed by atoms with Crippen LogP contribution in [0.2, 0.25) is 0 Å². The van der Waals surface area contributed by atoms with Crippen LogP contribution < -0.4 is 16.1 Å². The Bertz CT molecular complexity index is 849. The van der Waals surface area contributed by atoms with E-state index in [0.29, 0.717) is 24.9 Å². The van der Waals surface area contributed by atoms with E-state index >= 15 is 0 Å². The van der Waals surface area contributed by atoms with Crippen molar-refractivity contribution >= 4 is 46.7 Å². The maximum Gasteiger partial charge on any atom is 0.334 e. The molecule has 4 N–H and O–H groups in total. The van der Waals surface area contributed by atoms with Crippen LogP contribution in [0.3, 0.4) is 0 Å². The van der Waals surface area contributed by atoms with Crippen molar-refractivity contribution in [3.63, 3.8) is 0 Å². The summed E-state index contributed by atoms with van der Waals surface area (Å²) < 4.78 is 4.74. The molecule has 1 unspecified atom stereocenters. The predicted molar refractivity (Wildman–Crippen MR) is 124 cm³/mol. The quantitative estimate of drug-likeness (QED) is 0.348. The average Bonchev–Trinajstić information content (AvgIpc) is 2.75. The van der Waals surface area contributed by atoms with Crippen LogP contribution in [-0.2, 0) is 28.7 Å². The Hall–Kier alpha value is -2.41. The van der Waals surface area contributed by atoms with Crippen LogP contribution in [0.1, 0.15) is 39.2 Å². The molecule has 1 saturated heterocycles. The summed E-state index contributed by atoms with van der Waals surface area (Å²) in [4.78, 5) is 49.7. The van der Waals surface area contributed by atoms with Crippen molar-refractivity contribution in [3.05, 3.63) is 29.8 Å². The number of aromatic hydroxyl groups is 1. The van der Waals surface area contributed by atoms with Crippen molar-refractivity contribution in [2.45, 2.75) is 58.2 Å². The molecule has 11 heteroatoms. The largest absolute Gasteiger partial charge is 0.508 e. The summed E-state index contributed by atoms with van der Waals surface area (Å²) in [7, 11) is 0. The third-order valence-corrected chi connectivity index (χ3v) is 5.52. The lowest BCUT2D eigenvalue weighted by Crippen LogP contribution is -2.61. The molecular formula is C21H29IN4O6. The Labute approximate surface area is 201 Å². The molecule has 1 aliphatic rings. The lowest BCUT2D eigenvalue weighted by Gasteiger charge is -2.35. The number of phenols is 1. The Kier molecular flexibility index (Phi) is 9.69. The number of amides is 3. The third-order valence-electron chi connectivity index (χ3n) is 5.09. The van der Waals surface area contributed by atoms with Gasteiger partial charge in [-0.1, -0.05) is 26.0 Å². The smallest absolute Gasteiger partial charge is 0.334 e. The number of hydrogen-bond donors (Lipinski definition) is 4. The van der Waals surface area contributed by atoms with Gasteiger partial charge in [0.05, 0.1) is 0 Å². The van der Waals surface area contributed by atoms with E-state index in [1.54, 1.807) is 26.0 Å². The maximum atomic E-state index is 13.3. The number of benzene rings is 1. The molecule has 1 fully saturated rings. The first-order chi connectivity index (χ1) is 15.1. The first-order valence-electron chi connectivity index (χ1n) is 10.4. The van der Waals surface area contributed by atoms with E-state index in [-0.39, 0.29) is 24.0 Å². The van der Waals surface area contributed by atoms with Crippen LogP contribution in [-0.4, -0.2) is 58.5 Å². The van der Waals surface area contributed by atoms with Crippen LogP contribution in [0.25, 0.3) is 0 Å². The number of hydrazine groups is 1. The zero-order valence-electron chi connectivity index (χ0n) is 18.3. The lowest BCUT2D eigenvalue weighted by molar-refractivity contribution is -0.146. The van der Waals surface area contributed by atoms with Gasteiger partial charge in [0.15, 0.2) is 23.0 Å². The molecule has 1 aromatic rings. The number of nitrogens with zero attached hydrogens (tertiary/aromatic N) is 1. The van der Waals surface area contributed by atoms with Crippen molar-refractivity contribution in [2.75, 3.05) is 6.54 Å². The van der Waals surface area contributed by atoms with Crippen LogP contribution in [0.5, 0.6) is 5.75 Å². The van der Waals surface area contributed by atoms with Gasteiger partial charge in [-0.15, -0.1) is 0 Å². The number of nitrogens with one attached hydrogen (secondary N) is 3. The Morgan fingerprint density at radius 3 is 2.59 bits per heavy atom. The highest BCUT2D eigenvalue weighted by molar-refractivity contribution is 14.1. The molecule has 3 amide bonds. The number of halogens is 1. The van der Waals surface area contributed by atoms with Crippen molar-refractivity contribution in [2.24, 2.45) is 5.92 Å². The highest BCUT2D eigenvalue weighted by atomic mass is 127. The Balaban J connectivity index is 2.25. The molecule has 0 radical (unpaired) electrons. The van der Waals surface area contributed by atoms with Crippen LogP contribution >= 0.6 is 23.0 Å². The Morgan fingerprint density at radius 2 is 2.00 bits per heavy atom. The first kappa shape index (κ1) is 25.8.